The van der Waals surface area contributed by atoms with Crippen molar-refractivity contribution in [3.63, 3.8) is 0 Å². The summed E-state index contributed by atoms with van der Waals surface area (Å²) in [5.74, 6) is -2.05. The zero-order chi connectivity index (χ0) is 16.4. The Bertz CT molecular complexity index is 662. The molecule has 2 N–H and O–H groups in total. The maximum absolute atomic E-state index is 12.5. The Hall–Kier alpha value is -1.87. The molecule has 0 amide bonds. The summed E-state index contributed by atoms with van der Waals surface area (Å²) in [6.45, 7) is 4.06. The van der Waals surface area contributed by atoms with E-state index in [4.69, 9.17) is 9.84 Å². The average molecular weight is 318 g/mol. The molecular formula is C12H18N2O6S. The van der Waals surface area contributed by atoms with Crippen LogP contribution in [-0.2, 0) is 19.6 Å². The largest absolute Gasteiger partial charge is 0.480 e. The van der Waals surface area contributed by atoms with E-state index in [0.717, 1.165) is 7.05 Å². The molecule has 9 heteroatoms. The van der Waals surface area contributed by atoms with Gasteiger partial charge in [-0.05, 0) is 20.8 Å². The Morgan fingerprint density at radius 2 is 1.86 bits per heavy atom. The number of hydrogen-bond donors (Lipinski definition) is 2. The zero-order valence-corrected chi connectivity index (χ0v) is 13.1. The van der Waals surface area contributed by atoms with Crippen molar-refractivity contribution >= 4 is 22.0 Å². The molecule has 0 aromatic carbocycles. The summed E-state index contributed by atoms with van der Waals surface area (Å²) < 4.78 is 30.5. The number of hydrogen-bond acceptors (Lipinski definition) is 5. The number of rotatable bonds is 6. The van der Waals surface area contributed by atoms with Crippen LogP contribution in [0, 0.1) is 13.8 Å². The Balaban J connectivity index is 3.42. The SMILES string of the molecule is CCOC(=O)c1c(C)[nH]c(C)c1S(=O)(=O)N(C)CC(=O)O. The van der Waals surface area contributed by atoms with Gasteiger partial charge in [-0.25, -0.2) is 13.2 Å². The number of nitrogens with zero attached hydrogens (tertiary/aromatic N) is 1. The molecule has 0 spiro atoms. The monoisotopic (exact) mass is 318 g/mol. The Morgan fingerprint density at radius 3 is 2.33 bits per heavy atom. The van der Waals surface area contributed by atoms with E-state index in [-0.39, 0.29) is 22.8 Å². The van der Waals surface area contributed by atoms with Gasteiger partial charge < -0.3 is 14.8 Å². The molecule has 118 valence electrons. The van der Waals surface area contributed by atoms with E-state index in [0.29, 0.717) is 10.00 Å². The molecule has 0 saturated carbocycles. The highest BCUT2D eigenvalue weighted by Gasteiger charge is 2.33. The lowest BCUT2D eigenvalue weighted by Crippen LogP contribution is -2.33. The van der Waals surface area contributed by atoms with Gasteiger partial charge in [0.2, 0.25) is 10.0 Å². The summed E-state index contributed by atoms with van der Waals surface area (Å²) >= 11 is 0. The Morgan fingerprint density at radius 1 is 1.29 bits per heavy atom. The number of carbonyl (C=O) groups is 2. The van der Waals surface area contributed by atoms with Crippen LogP contribution in [0.2, 0.25) is 0 Å². The van der Waals surface area contributed by atoms with Crippen LogP contribution in [0.15, 0.2) is 4.90 Å². The number of sulfonamides is 1. The van der Waals surface area contributed by atoms with E-state index in [2.05, 4.69) is 4.98 Å². The molecule has 1 heterocycles. The van der Waals surface area contributed by atoms with Crippen molar-refractivity contribution in [2.75, 3.05) is 20.2 Å². The van der Waals surface area contributed by atoms with Crippen molar-refractivity contribution in [3.8, 4) is 0 Å². The Labute approximate surface area is 122 Å². The summed E-state index contributed by atoms with van der Waals surface area (Å²) in [5.41, 5.74) is 0.521. The summed E-state index contributed by atoms with van der Waals surface area (Å²) in [7, 11) is -2.98. The van der Waals surface area contributed by atoms with E-state index < -0.39 is 28.5 Å². The summed E-state index contributed by atoms with van der Waals surface area (Å²) in [6, 6.07) is 0. The van der Waals surface area contributed by atoms with Crippen LogP contribution < -0.4 is 0 Å². The van der Waals surface area contributed by atoms with Crippen LogP contribution in [0.1, 0.15) is 28.7 Å². The molecule has 1 aromatic heterocycles. The van der Waals surface area contributed by atoms with Gasteiger partial charge in [-0.3, -0.25) is 4.79 Å². The van der Waals surface area contributed by atoms with Gasteiger partial charge in [-0.2, -0.15) is 4.31 Å². The quantitative estimate of drug-likeness (QED) is 0.738. The number of aromatic amines is 1. The molecule has 0 aliphatic rings. The fourth-order valence-electron chi connectivity index (χ4n) is 1.96. The predicted octanol–water partition coefficient (Wildman–Crippen LogP) is 0.513. The van der Waals surface area contributed by atoms with Gasteiger partial charge in [0.1, 0.15) is 17.0 Å². The zero-order valence-electron chi connectivity index (χ0n) is 12.3. The second-order valence-electron chi connectivity index (χ2n) is 4.45. The van der Waals surface area contributed by atoms with Crippen LogP contribution in [0.5, 0.6) is 0 Å². The molecule has 0 aliphatic carbocycles. The van der Waals surface area contributed by atoms with E-state index in [1.807, 2.05) is 0 Å². The summed E-state index contributed by atoms with van der Waals surface area (Å²) in [6.07, 6.45) is 0. The summed E-state index contributed by atoms with van der Waals surface area (Å²) in [5, 5.41) is 8.73. The van der Waals surface area contributed by atoms with Gasteiger partial charge in [0.15, 0.2) is 0 Å². The predicted molar refractivity (Wildman–Crippen MR) is 73.7 cm³/mol. The molecule has 0 unspecified atom stereocenters. The van der Waals surface area contributed by atoms with E-state index >= 15 is 0 Å². The number of carboxylic acids is 1. The van der Waals surface area contributed by atoms with Gasteiger partial charge in [0, 0.05) is 18.4 Å². The smallest absolute Gasteiger partial charge is 0.341 e. The number of nitrogens with one attached hydrogen (secondary N) is 1. The first-order valence-electron chi connectivity index (χ1n) is 6.17. The summed E-state index contributed by atoms with van der Waals surface area (Å²) in [4.78, 5) is 25.2. The van der Waals surface area contributed by atoms with E-state index in [1.165, 1.54) is 6.92 Å². The Kier molecular flexibility index (Phi) is 5.13. The third-order valence-electron chi connectivity index (χ3n) is 2.82. The molecule has 21 heavy (non-hydrogen) atoms. The number of aromatic nitrogens is 1. The van der Waals surface area contributed by atoms with Gasteiger partial charge in [0.25, 0.3) is 0 Å². The van der Waals surface area contributed by atoms with Gasteiger partial charge in [-0.15, -0.1) is 0 Å². The second-order valence-corrected chi connectivity index (χ2v) is 6.44. The van der Waals surface area contributed by atoms with Crippen LogP contribution in [-0.4, -0.2) is 55.0 Å². The standard InChI is InChI=1S/C12H18N2O6S/c1-5-20-12(17)10-7(2)13-8(3)11(10)21(18,19)14(4)6-9(15)16/h13H,5-6H2,1-4H3,(H,15,16). The molecule has 0 atom stereocenters. The average Bonchev–Trinajstić information content (AvgIpc) is 2.64. The number of aryl methyl sites for hydroxylation is 2. The molecule has 0 radical (unpaired) electrons. The molecule has 1 aromatic rings. The highest BCUT2D eigenvalue weighted by atomic mass is 32.2. The lowest BCUT2D eigenvalue weighted by molar-refractivity contribution is -0.137. The minimum absolute atomic E-state index is 0.0911. The highest BCUT2D eigenvalue weighted by Crippen LogP contribution is 2.26. The van der Waals surface area contributed by atoms with Crippen molar-refractivity contribution in [1.29, 1.82) is 0 Å². The maximum atomic E-state index is 12.5. The molecule has 0 aliphatic heterocycles. The van der Waals surface area contributed by atoms with Crippen LogP contribution in [0.4, 0.5) is 0 Å². The molecular weight excluding hydrogens is 300 g/mol. The first-order chi connectivity index (χ1) is 9.62. The van der Waals surface area contributed by atoms with Crippen molar-refractivity contribution in [2.45, 2.75) is 25.7 Å². The normalized spacial score (nSPS) is 11.7. The molecule has 0 fully saturated rings. The maximum Gasteiger partial charge on any atom is 0.341 e. The number of ether oxygens (including phenoxy) is 1. The number of aliphatic carboxylic acids is 1. The highest BCUT2D eigenvalue weighted by molar-refractivity contribution is 7.89. The van der Waals surface area contributed by atoms with Crippen LogP contribution in [0.3, 0.4) is 0 Å². The van der Waals surface area contributed by atoms with E-state index in [9.17, 15) is 18.0 Å². The third-order valence-corrected chi connectivity index (χ3v) is 4.80. The van der Waals surface area contributed by atoms with Crippen molar-refractivity contribution in [3.05, 3.63) is 17.0 Å². The van der Waals surface area contributed by atoms with Crippen molar-refractivity contribution in [2.24, 2.45) is 0 Å². The third kappa shape index (κ3) is 3.42. The molecule has 8 nitrogen and oxygen atoms in total. The first kappa shape index (κ1) is 17.2. The van der Waals surface area contributed by atoms with Gasteiger partial charge in [0.05, 0.1) is 6.61 Å². The number of likely N-dealkylation sites (N-methyl/N-ethyl adjacent to an activating group) is 1. The van der Waals surface area contributed by atoms with Crippen LogP contribution in [0.25, 0.3) is 0 Å². The lowest BCUT2D eigenvalue weighted by atomic mass is 10.2. The minimum atomic E-state index is -4.12. The second kappa shape index (κ2) is 6.27. The van der Waals surface area contributed by atoms with Gasteiger partial charge >= 0.3 is 11.9 Å². The van der Waals surface area contributed by atoms with E-state index in [1.54, 1.807) is 13.8 Å². The number of esters is 1. The fraction of sp³-hybridized carbons (Fsp3) is 0.500. The van der Waals surface area contributed by atoms with Crippen molar-refractivity contribution < 1.29 is 27.9 Å². The number of carbonyl (C=O) groups excluding carboxylic acids is 1. The minimum Gasteiger partial charge on any atom is -0.480 e. The number of carboxylic acid groups (broad SMARTS) is 1. The topological polar surface area (TPSA) is 117 Å². The molecule has 0 saturated heterocycles. The van der Waals surface area contributed by atoms with Crippen LogP contribution >= 0.6 is 0 Å². The van der Waals surface area contributed by atoms with Crippen molar-refractivity contribution in [1.82, 2.24) is 9.29 Å². The molecule has 1 rings (SSSR count). The first-order valence-corrected chi connectivity index (χ1v) is 7.61. The molecule has 0 bridgehead atoms. The number of H-pyrrole nitrogens is 1. The lowest BCUT2D eigenvalue weighted by Gasteiger charge is -2.16. The fourth-order valence-corrected chi connectivity index (χ4v) is 3.49. The van der Waals surface area contributed by atoms with Gasteiger partial charge in [-0.1, -0.05) is 0 Å².